The minimum atomic E-state index is -0.0813. The highest BCUT2D eigenvalue weighted by Crippen LogP contribution is 2.34. The van der Waals surface area contributed by atoms with Gasteiger partial charge in [0.2, 0.25) is 0 Å². The van der Waals surface area contributed by atoms with Crippen molar-refractivity contribution in [2.24, 2.45) is 11.3 Å². The minimum absolute atomic E-state index is 0.0813. The van der Waals surface area contributed by atoms with Crippen LogP contribution in [0.1, 0.15) is 59.8 Å². The molecule has 2 fully saturated rings. The second-order valence-corrected chi connectivity index (χ2v) is 8.37. The molecule has 1 aliphatic heterocycles. The molecule has 20 heavy (non-hydrogen) atoms. The summed E-state index contributed by atoms with van der Waals surface area (Å²) in [4.78, 5) is 2.59. The van der Waals surface area contributed by atoms with Crippen molar-refractivity contribution in [2.75, 3.05) is 26.2 Å². The van der Waals surface area contributed by atoms with E-state index in [1.165, 1.54) is 38.8 Å². The summed E-state index contributed by atoms with van der Waals surface area (Å²) in [5.41, 5.74) is 0.376. The lowest BCUT2D eigenvalue weighted by Crippen LogP contribution is -2.50. The van der Waals surface area contributed by atoms with Crippen molar-refractivity contribution in [1.29, 1.82) is 0 Å². The van der Waals surface area contributed by atoms with E-state index in [9.17, 15) is 5.11 Å². The third kappa shape index (κ3) is 4.71. The molecule has 1 saturated heterocycles. The summed E-state index contributed by atoms with van der Waals surface area (Å²) in [6, 6.07) is 0.666. The van der Waals surface area contributed by atoms with Crippen molar-refractivity contribution in [3.63, 3.8) is 0 Å². The Morgan fingerprint density at radius 3 is 2.10 bits per heavy atom. The number of rotatable bonds is 6. The molecule has 118 valence electrons. The van der Waals surface area contributed by atoms with Gasteiger partial charge < -0.3 is 15.3 Å². The second kappa shape index (κ2) is 6.33. The zero-order valence-corrected chi connectivity index (χ0v) is 13.9. The van der Waals surface area contributed by atoms with E-state index in [-0.39, 0.29) is 12.1 Å². The fourth-order valence-corrected chi connectivity index (χ4v) is 3.34. The first-order chi connectivity index (χ1) is 9.32. The number of likely N-dealkylation sites (tertiary alicyclic amines) is 1. The maximum absolute atomic E-state index is 9.66. The van der Waals surface area contributed by atoms with Crippen molar-refractivity contribution in [2.45, 2.75) is 71.4 Å². The van der Waals surface area contributed by atoms with Crippen LogP contribution < -0.4 is 5.32 Å². The molecule has 0 aromatic carbocycles. The molecule has 0 bridgehead atoms. The number of hydrogen-bond donors (Lipinski definition) is 2. The van der Waals surface area contributed by atoms with E-state index in [4.69, 9.17) is 0 Å². The summed E-state index contributed by atoms with van der Waals surface area (Å²) in [6.07, 6.45) is 6.28. The largest absolute Gasteiger partial charge is 0.394 e. The second-order valence-electron chi connectivity index (χ2n) is 8.37. The van der Waals surface area contributed by atoms with Gasteiger partial charge in [0.25, 0.3) is 0 Å². The highest BCUT2D eigenvalue weighted by atomic mass is 16.3. The average Bonchev–Trinajstić information content (AvgIpc) is 3.20. The van der Waals surface area contributed by atoms with Crippen LogP contribution in [0.2, 0.25) is 0 Å². The molecule has 1 heterocycles. The minimum Gasteiger partial charge on any atom is -0.394 e. The first kappa shape index (κ1) is 16.3. The van der Waals surface area contributed by atoms with Crippen LogP contribution in [0.4, 0.5) is 0 Å². The maximum atomic E-state index is 9.66. The summed E-state index contributed by atoms with van der Waals surface area (Å²) in [5.74, 6) is 0.868. The number of aliphatic hydroxyl groups is 1. The maximum Gasteiger partial charge on any atom is 0.0611 e. The van der Waals surface area contributed by atoms with E-state index < -0.39 is 0 Å². The normalized spacial score (nSPS) is 25.6. The van der Waals surface area contributed by atoms with E-state index in [0.717, 1.165) is 18.9 Å². The van der Waals surface area contributed by atoms with Crippen LogP contribution in [0.25, 0.3) is 0 Å². The smallest absolute Gasteiger partial charge is 0.0611 e. The van der Waals surface area contributed by atoms with Gasteiger partial charge in [-0.25, -0.2) is 0 Å². The molecular formula is C17H34N2O. The summed E-state index contributed by atoms with van der Waals surface area (Å²) >= 11 is 0. The quantitative estimate of drug-likeness (QED) is 0.786. The predicted octanol–water partition coefficient (Wildman–Crippen LogP) is 2.64. The first-order valence-corrected chi connectivity index (χ1v) is 8.43. The van der Waals surface area contributed by atoms with Crippen LogP contribution in [-0.4, -0.2) is 47.8 Å². The Balaban J connectivity index is 1.72. The Bertz CT molecular complexity index is 301. The van der Waals surface area contributed by atoms with Gasteiger partial charge in [0.1, 0.15) is 0 Å². The molecule has 2 aliphatic rings. The summed E-state index contributed by atoms with van der Waals surface area (Å²) in [6.45, 7) is 13.1. The van der Waals surface area contributed by atoms with Crippen molar-refractivity contribution in [1.82, 2.24) is 10.2 Å². The molecule has 0 aromatic heterocycles. The van der Waals surface area contributed by atoms with Gasteiger partial charge in [0.05, 0.1) is 6.61 Å². The highest BCUT2D eigenvalue weighted by Gasteiger charge is 2.33. The van der Waals surface area contributed by atoms with Crippen LogP contribution in [0.3, 0.4) is 0 Å². The molecule has 0 spiro atoms. The molecule has 1 atom stereocenters. The van der Waals surface area contributed by atoms with Crippen molar-refractivity contribution in [3.8, 4) is 0 Å². The molecule has 3 nitrogen and oxygen atoms in total. The number of aliphatic hydroxyl groups excluding tert-OH is 1. The van der Waals surface area contributed by atoms with Gasteiger partial charge in [-0.2, -0.15) is 0 Å². The Kier molecular flexibility index (Phi) is 5.14. The van der Waals surface area contributed by atoms with Crippen LogP contribution in [0.15, 0.2) is 0 Å². The lowest BCUT2D eigenvalue weighted by atomic mass is 9.75. The van der Waals surface area contributed by atoms with Gasteiger partial charge in [-0.15, -0.1) is 0 Å². The molecule has 0 amide bonds. The van der Waals surface area contributed by atoms with E-state index >= 15 is 0 Å². The number of hydrogen-bond acceptors (Lipinski definition) is 3. The van der Waals surface area contributed by atoms with E-state index in [1.807, 2.05) is 0 Å². The van der Waals surface area contributed by atoms with Gasteiger partial charge in [-0.1, -0.05) is 20.8 Å². The predicted molar refractivity (Wildman–Crippen MR) is 84.9 cm³/mol. The summed E-state index contributed by atoms with van der Waals surface area (Å²) in [5, 5.41) is 13.3. The van der Waals surface area contributed by atoms with E-state index in [2.05, 4.69) is 37.9 Å². The SMILES string of the molecule is CC(CO)(CCN1CCC(C(C)(C)C)CC1)NC1CC1. The molecule has 1 saturated carbocycles. The molecule has 0 aromatic rings. The fraction of sp³-hybridized carbons (Fsp3) is 1.00. The Morgan fingerprint density at radius 1 is 1.05 bits per heavy atom. The summed E-state index contributed by atoms with van der Waals surface area (Å²) in [7, 11) is 0. The standard InChI is InChI=1S/C17H34N2O/c1-16(2,3)14-7-10-19(11-8-14)12-9-17(4,13-20)18-15-5-6-15/h14-15,18,20H,5-13H2,1-4H3. The van der Waals surface area contributed by atoms with E-state index in [1.54, 1.807) is 0 Å². The molecule has 1 unspecified atom stereocenters. The lowest BCUT2D eigenvalue weighted by molar-refractivity contribution is 0.0939. The number of piperidine rings is 1. The average molecular weight is 282 g/mol. The third-order valence-electron chi connectivity index (χ3n) is 5.27. The van der Waals surface area contributed by atoms with Gasteiger partial charge >= 0.3 is 0 Å². The van der Waals surface area contributed by atoms with Crippen LogP contribution in [0, 0.1) is 11.3 Å². The highest BCUT2D eigenvalue weighted by molar-refractivity contribution is 4.93. The third-order valence-corrected chi connectivity index (χ3v) is 5.27. The Hall–Kier alpha value is -0.120. The van der Waals surface area contributed by atoms with Gasteiger partial charge in [-0.3, -0.25) is 0 Å². The molecule has 0 radical (unpaired) electrons. The fourth-order valence-electron chi connectivity index (χ4n) is 3.34. The number of nitrogens with zero attached hydrogens (tertiary/aromatic N) is 1. The molecule has 1 aliphatic carbocycles. The first-order valence-electron chi connectivity index (χ1n) is 8.43. The van der Waals surface area contributed by atoms with Crippen LogP contribution >= 0.6 is 0 Å². The molecule has 2 N–H and O–H groups in total. The molecular weight excluding hydrogens is 248 g/mol. The summed E-state index contributed by atoms with van der Waals surface area (Å²) < 4.78 is 0. The Labute approximate surface area is 125 Å². The molecule has 3 heteroatoms. The van der Waals surface area contributed by atoms with Crippen molar-refractivity contribution >= 4 is 0 Å². The van der Waals surface area contributed by atoms with E-state index in [0.29, 0.717) is 11.5 Å². The zero-order valence-electron chi connectivity index (χ0n) is 13.9. The van der Waals surface area contributed by atoms with Gasteiger partial charge in [-0.05, 0) is 70.0 Å². The van der Waals surface area contributed by atoms with Crippen molar-refractivity contribution < 1.29 is 5.11 Å². The monoisotopic (exact) mass is 282 g/mol. The van der Waals surface area contributed by atoms with Gasteiger partial charge in [0.15, 0.2) is 0 Å². The lowest BCUT2D eigenvalue weighted by Gasteiger charge is -2.40. The van der Waals surface area contributed by atoms with Crippen LogP contribution in [0.5, 0.6) is 0 Å². The number of nitrogens with one attached hydrogen (secondary N) is 1. The molecule has 2 rings (SSSR count). The zero-order chi connectivity index (χ0) is 14.8. The Morgan fingerprint density at radius 2 is 1.65 bits per heavy atom. The van der Waals surface area contributed by atoms with Crippen molar-refractivity contribution in [3.05, 3.63) is 0 Å². The van der Waals surface area contributed by atoms with Gasteiger partial charge in [0, 0.05) is 11.6 Å². The topological polar surface area (TPSA) is 35.5 Å². The van der Waals surface area contributed by atoms with Crippen LogP contribution in [-0.2, 0) is 0 Å².